The number of fused-ring (bicyclic) bond motifs is 9. The summed E-state index contributed by atoms with van der Waals surface area (Å²) in [6.45, 7) is 5.42. The molecule has 1 aliphatic carbocycles. The van der Waals surface area contributed by atoms with Crippen molar-refractivity contribution in [3.8, 4) is 101 Å². The average molecular weight is 1100 g/mol. The van der Waals surface area contributed by atoms with E-state index in [0.29, 0.717) is 0 Å². The van der Waals surface area contributed by atoms with Crippen molar-refractivity contribution < 1.29 is 0 Å². The van der Waals surface area contributed by atoms with Crippen LogP contribution in [0.3, 0.4) is 0 Å². The predicted octanol–water partition coefficient (Wildman–Crippen LogP) is 19.2. The summed E-state index contributed by atoms with van der Waals surface area (Å²) in [4.78, 5) is 27.2. The Morgan fingerprint density at radius 2 is 0.767 bits per heavy atom. The highest BCUT2D eigenvalue weighted by atomic mass is 15.0. The molecule has 1 aliphatic rings. The van der Waals surface area contributed by atoms with Crippen molar-refractivity contribution in [1.29, 1.82) is 0 Å². The molecule has 5 aromatic heterocycles. The molecule has 8 nitrogen and oxygen atoms in total. The lowest BCUT2D eigenvalue weighted by Gasteiger charge is -2.12. The monoisotopic (exact) mass is 1100 g/mol. The van der Waals surface area contributed by atoms with Crippen LogP contribution in [0.15, 0.2) is 293 Å². The Morgan fingerprint density at radius 1 is 0.337 bits per heavy atom. The minimum Gasteiger partial charge on any atom is -0.309 e. The zero-order chi connectivity index (χ0) is 57.5. The van der Waals surface area contributed by atoms with Crippen molar-refractivity contribution >= 4 is 43.6 Å². The Bertz CT molecular complexity index is 5100. The molecule has 0 amide bonds. The van der Waals surface area contributed by atoms with E-state index in [-0.39, 0.29) is 0 Å². The van der Waals surface area contributed by atoms with Gasteiger partial charge in [0.2, 0.25) is 0 Å². The summed E-state index contributed by atoms with van der Waals surface area (Å²) in [6, 6.07) is 78.0. The standard InChI is InChI=1S/C73H46N8.C5H8/c1-2-11-55(12-3-1)80-70-25-21-49(39-63(70)65-40-52(22-27-71(65)80)57-13-4-6-15-59(57)68-44-75-30-33-78-68)47-17-18-50-36-51-19-24-56(42-62(51)61(50)37-47)81-72-26-20-48(46-9-8-10-54(35-46)67-43-74-29-32-77-67)38-64(72)66-41-53(23-28-73(66)81)58-14-5-7-16-60(58)69-45-76-31-34-79-69;1-3-5-4-2/h1-35,37-45H,36H2;3-5H,1H2,2H3/b;5-4-. The summed E-state index contributed by atoms with van der Waals surface area (Å²) in [5.74, 6) is 0. The van der Waals surface area contributed by atoms with Gasteiger partial charge < -0.3 is 9.13 Å². The Kier molecular flexibility index (Phi) is 13.2. The second-order valence-electron chi connectivity index (χ2n) is 21.5. The number of allylic oxidation sites excluding steroid dienone is 3. The summed E-state index contributed by atoms with van der Waals surface area (Å²) >= 11 is 0. The Hall–Kier alpha value is -11.5. The Labute approximate surface area is 498 Å². The van der Waals surface area contributed by atoms with Crippen molar-refractivity contribution in [2.24, 2.45) is 0 Å². The van der Waals surface area contributed by atoms with Crippen LogP contribution in [-0.4, -0.2) is 39.0 Å². The smallest absolute Gasteiger partial charge is 0.0891 e. The van der Waals surface area contributed by atoms with Gasteiger partial charge in [0.25, 0.3) is 0 Å². The summed E-state index contributed by atoms with van der Waals surface area (Å²) in [5, 5.41) is 4.72. The quantitative estimate of drug-likeness (QED) is 0.127. The number of aromatic nitrogens is 8. The molecule has 10 aromatic carbocycles. The van der Waals surface area contributed by atoms with Crippen LogP contribution in [0.5, 0.6) is 0 Å². The van der Waals surface area contributed by atoms with Gasteiger partial charge in [0.15, 0.2) is 0 Å². The fourth-order valence-corrected chi connectivity index (χ4v) is 12.6. The highest BCUT2D eigenvalue weighted by molar-refractivity contribution is 6.13. The zero-order valence-corrected chi connectivity index (χ0v) is 47.1. The number of nitrogens with zero attached hydrogens (tertiary/aromatic N) is 8. The summed E-state index contributed by atoms with van der Waals surface area (Å²) in [7, 11) is 0. The second-order valence-corrected chi connectivity index (χ2v) is 21.5. The molecule has 0 saturated heterocycles. The fourth-order valence-electron chi connectivity index (χ4n) is 12.6. The fraction of sp³-hybridized carbons (Fsp3) is 0.0256. The minimum absolute atomic E-state index is 0.838. The highest BCUT2D eigenvalue weighted by Gasteiger charge is 2.24. The van der Waals surface area contributed by atoms with Crippen LogP contribution in [-0.2, 0) is 6.42 Å². The number of para-hydroxylation sites is 1. The normalized spacial score (nSPS) is 11.7. The summed E-state index contributed by atoms with van der Waals surface area (Å²) in [5.41, 5.74) is 26.7. The SMILES string of the molecule is C=C/C=C\C.c1ccc(-n2c3ccc(-c4ccc5c(c4)-c4cc(-n6c7ccc(-c8cccc(-c9cnccn9)c8)cc7c7cc(-c8ccccc8-c8cnccn8)ccc76)ccc4C5)cc3c3cc(-c4ccccc4-c4cnccn4)ccc32)cc1. The second kappa shape index (κ2) is 22.0. The van der Waals surface area contributed by atoms with Crippen molar-refractivity contribution in [3.05, 3.63) is 304 Å². The van der Waals surface area contributed by atoms with Crippen LogP contribution in [0.1, 0.15) is 18.1 Å². The van der Waals surface area contributed by atoms with Crippen molar-refractivity contribution in [1.82, 2.24) is 39.0 Å². The molecule has 16 rings (SSSR count). The van der Waals surface area contributed by atoms with Gasteiger partial charge >= 0.3 is 0 Å². The average Bonchev–Trinajstić information content (AvgIpc) is 1.71. The van der Waals surface area contributed by atoms with E-state index in [1.807, 2.05) is 37.7 Å². The minimum atomic E-state index is 0.838. The molecule has 5 heterocycles. The lowest BCUT2D eigenvalue weighted by molar-refractivity contribution is 1.17. The number of hydrogen-bond donors (Lipinski definition) is 0. The largest absolute Gasteiger partial charge is 0.309 e. The van der Waals surface area contributed by atoms with Gasteiger partial charge in [-0.2, -0.15) is 0 Å². The first-order chi connectivity index (χ1) is 42.6. The number of benzene rings is 10. The van der Waals surface area contributed by atoms with E-state index < -0.39 is 0 Å². The van der Waals surface area contributed by atoms with Gasteiger partial charge in [-0.15, -0.1) is 0 Å². The molecule has 0 unspecified atom stereocenters. The lowest BCUT2D eigenvalue weighted by atomic mass is 9.95. The molecule has 0 aliphatic heterocycles. The number of hydrogen-bond acceptors (Lipinski definition) is 6. The first-order valence-electron chi connectivity index (χ1n) is 28.9. The maximum atomic E-state index is 4.71. The third-order valence-corrected chi connectivity index (χ3v) is 16.5. The van der Waals surface area contributed by atoms with Crippen LogP contribution in [0.25, 0.3) is 144 Å². The maximum absolute atomic E-state index is 4.71. The molecular weight excluding hydrogens is 1050 g/mol. The molecule has 406 valence electrons. The van der Waals surface area contributed by atoms with Crippen molar-refractivity contribution in [3.63, 3.8) is 0 Å². The van der Waals surface area contributed by atoms with Crippen LogP contribution in [0.4, 0.5) is 0 Å². The van der Waals surface area contributed by atoms with Crippen LogP contribution < -0.4 is 0 Å². The Morgan fingerprint density at radius 3 is 1.28 bits per heavy atom. The van der Waals surface area contributed by atoms with Gasteiger partial charge in [0, 0.05) is 86.8 Å². The Balaban J connectivity index is 0.00000120. The first-order valence-corrected chi connectivity index (χ1v) is 28.9. The van der Waals surface area contributed by atoms with Gasteiger partial charge in [0.1, 0.15) is 0 Å². The van der Waals surface area contributed by atoms with E-state index in [1.54, 1.807) is 43.3 Å². The third-order valence-electron chi connectivity index (χ3n) is 16.5. The van der Waals surface area contributed by atoms with E-state index in [0.717, 1.165) is 112 Å². The van der Waals surface area contributed by atoms with Gasteiger partial charge in [-0.25, -0.2) is 0 Å². The first kappa shape index (κ1) is 51.4. The molecule has 15 aromatic rings. The van der Waals surface area contributed by atoms with E-state index in [4.69, 9.17) is 4.98 Å². The third kappa shape index (κ3) is 9.23. The number of rotatable bonds is 10. The molecule has 8 heteroatoms. The topological polar surface area (TPSA) is 87.2 Å². The molecular formula is C78H54N8. The molecule has 0 saturated carbocycles. The van der Waals surface area contributed by atoms with Crippen LogP contribution >= 0.6 is 0 Å². The van der Waals surface area contributed by atoms with E-state index >= 15 is 0 Å². The summed E-state index contributed by atoms with van der Waals surface area (Å²) in [6.07, 6.45) is 22.4. The van der Waals surface area contributed by atoms with Crippen molar-refractivity contribution in [2.45, 2.75) is 13.3 Å². The molecule has 0 spiro atoms. The van der Waals surface area contributed by atoms with Gasteiger partial charge in [-0.05, 0) is 165 Å². The predicted molar refractivity (Wildman–Crippen MR) is 353 cm³/mol. The molecule has 0 atom stereocenters. The summed E-state index contributed by atoms with van der Waals surface area (Å²) < 4.78 is 4.84. The van der Waals surface area contributed by atoms with Gasteiger partial charge in [-0.1, -0.05) is 152 Å². The zero-order valence-electron chi connectivity index (χ0n) is 47.1. The van der Waals surface area contributed by atoms with Gasteiger partial charge in [0.05, 0.1) is 57.7 Å². The maximum Gasteiger partial charge on any atom is 0.0891 e. The van der Waals surface area contributed by atoms with Crippen LogP contribution in [0.2, 0.25) is 0 Å². The molecule has 0 fully saturated rings. The van der Waals surface area contributed by atoms with E-state index in [1.165, 1.54) is 49.5 Å². The van der Waals surface area contributed by atoms with E-state index in [9.17, 15) is 0 Å². The molecule has 0 bridgehead atoms. The molecule has 0 N–H and O–H groups in total. The van der Waals surface area contributed by atoms with Gasteiger partial charge in [-0.3, -0.25) is 29.9 Å². The lowest BCUT2D eigenvalue weighted by Crippen LogP contribution is -1.95. The van der Waals surface area contributed by atoms with E-state index in [2.05, 4.69) is 253 Å². The highest BCUT2D eigenvalue weighted by Crippen LogP contribution is 2.45. The van der Waals surface area contributed by atoms with Crippen LogP contribution in [0, 0.1) is 0 Å². The van der Waals surface area contributed by atoms with Crippen molar-refractivity contribution in [2.75, 3.05) is 0 Å². The molecule has 86 heavy (non-hydrogen) atoms. The molecule has 0 radical (unpaired) electrons.